The quantitative estimate of drug-likeness (QED) is 0.904. The van der Waals surface area contributed by atoms with Crippen molar-refractivity contribution in [3.05, 3.63) is 59.9 Å². The summed E-state index contributed by atoms with van der Waals surface area (Å²) in [5.74, 6) is 0.263. The molecule has 1 aliphatic heterocycles. The molecule has 1 N–H and O–H groups in total. The zero-order chi connectivity index (χ0) is 13.2. The standard InChI is InChI=1S/C16H17FN2/c1-19(14-6-4-5-13(17)9-14)11-12-10-18-16-8-3-2-7-15(12)16/h2-9,12,18H,10-11H2,1H3. The summed E-state index contributed by atoms with van der Waals surface area (Å²) in [6.07, 6.45) is 0. The number of anilines is 2. The molecule has 0 saturated carbocycles. The van der Waals surface area contributed by atoms with Crippen molar-refractivity contribution in [2.24, 2.45) is 0 Å². The van der Waals surface area contributed by atoms with E-state index in [2.05, 4.69) is 28.4 Å². The first-order valence-corrected chi connectivity index (χ1v) is 6.53. The topological polar surface area (TPSA) is 15.3 Å². The molecule has 1 heterocycles. The van der Waals surface area contributed by atoms with Crippen molar-refractivity contribution in [3.63, 3.8) is 0 Å². The second-order valence-electron chi connectivity index (χ2n) is 5.03. The number of nitrogens with one attached hydrogen (secondary N) is 1. The highest BCUT2D eigenvalue weighted by molar-refractivity contribution is 5.58. The molecule has 0 spiro atoms. The summed E-state index contributed by atoms with van der Waals surface area (Å²) < 4.78 is 13.2. The molecule has 0 saturated heterocycles. The Labute approximate surface area is 112 Å². The van der Waals surface area contributed by atoms with Gasteiger partial charge in [-0.2, -0.15) is 0 Å². The van der Waals surface area contributed by atoms with E-state index in [1.54, 1.807) is 12.1 Å². The van der Waals surface area contributed by atoms with Gasteiger partial charge in [-0.05, 0) is 29.8 Å². The molecule has 0 aliphatic carbocycles. The lowest BCUT2D eigenvalue weighted by Gasteiger charge is -2.23. The molecule has 1 aliphatic rings. The van der Waals surface area contributed by atoms with Crippen LogP contribution in [0.25, 0.3) is 0 Å². The zero-order valence-electron chi connectivity index (χ0n) is 10.9. The molecule has 98 valence electrons. The Morgan fingerprint density at radius 2 is 2.05 bits per heavy atom. The van der Waals surface area contributed by atoms with Crippen LogP contribution in [0.1, 0.15) is 11.5 Å². The molecule has 1 unspecified atom stereocenters. The Hall–Kier alpha value is -2.03. The Balaban J connectivity index is 1.76. The molecule has 1 atom stereocenters. The van der Waals surface area contributed by atoms with Gasteiger partial charge in [0.25, 0.3) is 0 Å². The zero-order valence-corrected chi connectivity index (χ0v) is 10.9. The van der Waals surface area contributed by atoms with E-state index in [4.69, 9.17) is 0 Å². The summed E-state index contributed by atoms with van der Waals surface area (Å²) in [6.45, 7) is 1.83. The fourth-order valence-electron chi connectivity index (χ4n) is 2.67. The van der Waals surface area contributed by atoms with Gasteiger partial charge in [-0.3, -0.25) is 0 Å². The van der Waals surface area contributed by atoms with Crippen LogP contribution in [0.15, 0.2) is 48.5 Å². The second-order valence-corrected chi connectivity index (χ2v) is 5.03. The number of halogens is 1. The summed E-state index contributed by atoms with van der Waals surface area (Å²) in [6, 6.07) is 15.1. The Kier molecular flexibility index (Phi) is 3.11. The molecular weight excluding hydrogens is 239 g/mol. The largest absolute Gasteiger partial charge is 0.384 e. The van der Waals surface area contributed by atoms with Crippen molar-refractivity contribution in [1.82, 2.24) is 0 Å². The molecule has 2 aromatic carbocycles. The predicted octanol–water partition coefficient (Wildman–Crippen LogP) is 3.47. The van der Waals surface area contributed by atoms with Gasteiger partial charge in [0.05, 0.1) is 0 Å². The predicted molar refractivity (Wildman–Crippen MR) is 77.3 cm³/mol. The fraction of sp³-hybridized carbons (Fsp3) is 0.250. The highest BCUT2D eigenvalue weighted by Gasteiger charge is 2.22. The smallest absolute Gasteiger partial charge is 0.125 e. The lowest BCUT2D eigenvalue weighted by atomic mass is 10.0. The third-order valence-corrected chi connectivity index (χ3v) is 3.68. The average molecular weight is 256 g/mol. The lowest BCUT2D eigenvalue weighted by Crippen LogP contribution is -2.25. The molecule has 0 aromatic heterocycles. The van der Waals surface area contributed by atoms with Gasteiger partial charge in [-0.1, -0.05) is 24.3 Å². The van der Waals surface area contributed by atoms with Gasteiger partial charge in [-0.25, -0.2) is 4.39 Å². The van der Waals surface area contributed by atoms with Crippen molar-refractivity contribution in [3.8, 4) is 0 Å². The average Bonchev–Trinajstić information content (AvgIpc) is 2.82. The van der Waals surface area contributed by atoms with E-state index in [9.17, 15) is 4.39 Å². The SMILES string of the molecule is CN(CC1CNc2ccccc21)c1cccc(F)c1. The second kappa shape index (κ2) is 4.92. The van der Waals surface area contributed by atoms with E-state index in [1.165, 1.54) is 17.3 Å². The van der Waals surface area contributed by atoms with Crippen molar-refractivity contribution in [2.45, 2.75) is 5.92 Å². The van der Waals surface area contributed by atoms with Crippen LogP contribution in [0.5, 0.6) is 0 Å². The van der Waals surface area contributed by atoms with Crippen LogP contribution in [-0.2, 0) is 0 Å². The van der Waals surface area contributed by atoms with Crippen LogP contribution >= 0.6 is 0 Å². The molecule has 3 heteroatoms. The van der Waals surface area contributed by atoms with Crippen molar-refractivity contribution in [2.75, 3.05) is 30.4 Å². The van der Waals surface area contributed by atoms with Crippen LogP contribution in [-0.4, -0.2) is 20.1 Å². The molecular formula is C16H17FN2. The monoisotopic (exact) mass is 256 g/mol. The van der Waals surface area contributed by atoms with E-state index >= 15 is 0 Å². The van der Waals surface area contributed by atoms with Crippen LogP contribution < -0.4 is 10.2 Å². The number of rotatable bonds is 3. The van der Waals surface area contributed by atoms with Crippen LogP contribution in [0, 0.1) is 5.82 Å². The Morgan fingerprint density at radius 1 is 1.21 bits per heavy atom. The first-order valence-electron chi connectivity index (χ1n) is 6.53. The van der Waals surface area contributed by atoms with Crippen molar-refractivity contribution < 1.29 is 4.39 Å². The lowest BCUT2D eigenvalue weighted by molar-refractivity contribution is 0.626. The third kappa shape index (κ3) is 2.41. The maximum atomic E-state index is 13.2. The number of hydrogen-bond donors (Lipinski definition) is 1. The van der Waals surface area contributed by atoms with E-state index in [0.29, 0.717) is 5.92 Å². The van der Waals surface area contributed by atoms with E-state index in [-0.39, 0.29) is 5.82 Å². The third-order valence-electron chi connectivity index (χ3n) is 3.68. The summed E-state index contributed by atoms with van der Waals surface area (Å²) in [5.41, 5.74) is 3.50. The summed E-state index contributed by atoms with van der Waals surface area (Å²) >= 11 is 0. The maximum Gasteiger partial charge on any atom is 0.125 e. The van der Waals surface area contributed by atoms with Gasteiger partial charge in [0, 0.05) is 37.4 Å². The highest BCUT2D eigenvalue weighted by atomic mass is 19.1. The Morgan fingerprint density at radius 3 is 2.89 bits per heavy atom. The van der Waals surface area contributed by atoms with Crippen LogP contribution in [0.3, 0.4) is 0 Å². The number of fused-ring (bicyclic) bond motifs is 1. The fourth-order valence-corrected chi connectivity index (χ4v) is 2.67. The molecule has 0 fully saturated rings. The van der Waals surface area contributed by atoms with Gasteiger partial charge < -0.3 is 10.2 Å². The molecule has 0 radical (unpaired) electrons. The first-order chi connectivity index (χ1) is 9.24. The molecule has 3 rings (SSSR count). The molecule has 2 aromatic rings. The number of para-hydroxylation sites is 1. The number of benzene rings is 2. The summed E-state index contributed by atoms with van der Waals surface area (Å²) in [5, 5.41) is 3.42. The van der Waals surface area contributed by atoms with Crippen LogP contribution in [0.2, 0.25) is 0 Å². The van der Waals surface area contributed by atoms with E-state index in [1.807, 2.05) is 19.2 Å². The summed E-state index contributed by atoms with van der Waals surface area (Å²) in [4.78, 5) is 2.11. The van der Waals surface area contributed by atoms with E-state index in [0.717, 1.165) is 18.8 Å². The van der Waals surface area contributed by atoms with E-state index < -0.39 is 0 Å². The maximum absolute atomic E-state index is 13.2. The number of hydrogen-bond acceptors (Lipinski definition) is 2. The number of likely N-dealkylation sites (N-methyl/N-ethyl adjacent to an activating group) is 1. The van der Waals surface area contributed by atoms with Gasteiger partial charge in [0.1, 0.15) is 5.82 Å². The normalized spacial score (nSPS) is 16.8. The molecule has 19 heavy (non-hydrogen) atoms. The van der Waals surface area contributed by atoms with Crippen LogP contribution in [0.4, 0.5) is 15.8 Å². The minimum absolute atomic E-state index is 0.186. The minimum atomic E-state index is -0.186. The highest BCUT2D eigenvalue weighted by Crippen LogP contribution is 2.32. The summed E-state index contributed by atoms with van der Waals surface area (Å²) in [7, 11) is 2.01. The van der Waals surface area contributed by atoms with Crippen molar-refractivity contribution in [1.29, 1.82) is 0 Å². The molecule has 0 amide bonds. The first kappa shape index (κ1) is 12.0. The van der Waals surface area contributed by atoms with Gasteiger partial charge in [0.2, 0.25) is 0 Å². The molecule has 2 nitrogen and oxygen atoms in total. The van der Waals surface area contributed by atoms with Gasteiger partial charge in [0.15, 0.2) is 0 Å². The number of nitrogens with zero attached hydrogens (tertiary/aromatic N) is 1. The van der Waals surface area contributed by atoms with Crippen molar-refractivity contribution >= 4 is 11.4 Å². The van der Waals surface area contributed by atoms with Gasteiger partial charge in [-0.15, -0.1) is 0 Å². The molecule has 0 bridgehead atoms. The Bertz CT molecular complexity index is 582. The minimum Gasteiger partial charge on any atom is -0.384 e. The van der Waals surface area contributed by atoms with Gasteiger partial charge >= 0.3 is 0 Å².